The average Bonchev–Trinajstić information content (AvgIpc) is 3.36. The highest BCUT2D eigenvalue weighted by Gasteiger charge is 2.26. The summed E-state index contributed by atoms with van der Waals surface area (Å²) in [5, 5.41) is 28.9. The number of carbonyl (C=O) groups is 1. The van der Waals surface area contributed by atoms with Crippen molar-refractivity contribution in [3.8, 4) is 11.6 Å². The number of nitrogens with one attached hydrogen (secondary N) is 1. The molecule has 0 unspecified atom stereocenters. The average molecular weight is 413 g/mol. The van der Waals surface area contributed by atoms with Crippen LogP contribution in [0.15, 0.2) is 34.0 Å². The summed E-state index contributed by atoms with van der Waals surface area (Å²) in [5.41, 5.74) is 9.14. The fourth-order valence-electron chi connectivity index (χ4n) is 2.91. The Morgan fingerprint density at radius 3 is 2.83 bits per heavy atom. The number of nitrogens with two attached hydrogens (primary N) is 1. The maximum absolute atomic E-state index is 12.7. The smallest absolute Gasteiger partial charge is 0.293 e. The summed E-state index contributed by atoms with van der Waals surface area (Å²) < 4.78 is 11.3. The fraction of sp³-hybridized carbons (Fsp3) is 0.294. The third-order valence-electron chi connectivity index (χ3n) is 4.46. The quantitative estimate of drug-likeness (QED) is 0.355. The van der Waals surface area contributed by atoms with Gasteiger partial charge in [-0.15, -0.1) is 5.10 Å². The Hall–Kier alpha value is -3.84. The number of amides is 1. The van der Waals surface area contributed by atoms with Crippen molar-refractivity contribution in [2.75, 3.05) is 32.0 Å². The number of phenolic OH excluding ortho intramolecular Hbond substituents is 1. The number of aromatic nitrogens is 5. The van der Waals surface area contributed by atoms with Crippen LogP contribution in [0, 0.1) is 0 Å². The van der Waals surface area contributed by atoms with Gasteiger partial charge in [-0.05, 0) is 22.4 Å². The molecule has 0 aliphatic carbocycles. The number of nitrogens with zero attached hydrogens (tertiary/aromatic N) is 7. The maximum atomic E-state index is 12.7. The van der Waals surface area contributed by atoms with Crippen molar-refractivity contribution >= 4 is 17.9 Å². The van der Waals surface area contributed by atoms with Gasteiger partial charge in [0.2, 0.25) is 11.6 Å². The monoisotopic (exact) mass is 413 g/mol. The van der Waals surface area contributed by atoms with Gasteiger partial charge in [0, 0.05) is 25.2 Å². The normalized spacial score (nSPS) is 14.9. The standard InChI is InChI=1S/C17H19N9O4/c18-15-16(23-30-22-15)26-12(10-25-5-7-29-8-6-25)14(20-24-26)17(28)21-19-9-11-3-1-2-4-13(11)27/h1-4,9,27H,5-8,10H2,(H2,18,22)(H,21,28). The molecule has 0 spiro atoms. The lowest BCUT2D eigenvalue weighted by molar-refractivity contribution is 0.0332. The van der Waals surface area contributed by atoms with Crippen LogP contribution in [-0.2, 0) is 11.3 Å². The Morgan fingerprint density at radius 1 is 1.30 bits per heavy atom. The van der Waals surface area contributed by atoms with Crippen LogP contribution >= 0.6 is 0 Å². The number of hydrogen-bond acceptors (Lipinski definition) is 11. The van der Waals surface area contributed by atoms with Crippen LogP contribution in [0.25, 0.3) is 5.82 Å². The lowest BCUT2D eigenvalue weighted by Gasteiger charge is -2.26. The number of ether oxygens (including phenoxy) is 1. The SMILES string of the molecule is Nc1nonc1-n1nnc(C(=O)NN=Cc2ccccc2O)c1CN1CCOCC1. The van der Waals surface area contributed by atoms with E-state index in [0.717, 1.165) is 0 Å². The summed E-state index contributed by atoms with van der Waals surface area (Å²) in [4.78, 5) is 14.8. The minimum Gasteiger partial charge on any atom is -0.507 e. The van der Waals surface area contributed by atoms with Gasteiger partial charge in [0.05, 0.1) is 25.1 Å². The first-order valence-corrected chi connectivity index (χ1v) is 9.08. The van der Waals surface area contributed by atoms with Gasteiger partial charge in [0.1, 0.15) is 5.75 Å². The number of hydrogen-bond donors (Lipinski definition) is 3. The molecule has 0 radical (unpaired) electrons. The zero-order chi connectivity index (χ0) is 20.9. The van der Waals surface area contributed by atoms with Crippen molar-refractivity contribution in [2.24, 2.45) is 5.10 Å². The molecule has 1 fully saturated rings. The van der Waals surface area contributed by atoms with Gasteiger partial charge < -0.3 is 15.6 Å². The third kappa shape index (κ3) is 4.11. The first-order valence-electron chi connectivity index (χ1n) is 9.08. The van der Waals surface area contributed by atoms with Gasteiger partial charge in [-0.2, -0.15) is 9.78 Å². The number of nitrogen functional groups attached to an aromatic ring is 1. The molecule has 1 aliphatic heterocycles. The van der Waals surface area contributed by atoms with Gasteiger partial charge >= 0.3 is 0 Å². The van der Waals surface area contributed by atoms with Crippen molar-refractivity contribution in [2.45, 2.75) is 6.54 Å². The minimum absolute atomic E-state index is 0.0210. The molecule has 1 amide bonds. The number of aromatic hydroxyl groups is 1. The molecular weight excluding hydrogens is 394 g/mol. The molecule has 0 saturated carbocycles. The Bertz CT molecular complexity index is 1060. The fourth-order valence-corrected chi connectivity index (χ4v) is 2.91. The molecule has 30 heavy (non-hydrogen) atoms. The zero-order valence-corrected chi connectivity index (χ0v) is 15.8. The van der Waals surface area contributed by atoms with Crippen molar-refractivity contribution in [1.82, 2.24) is 35.6 Å². The van der Waals surface area contributed by atoms with Crippen LogP contribution in [0.1, 0.15) is 21.7 Å². The topological polar surface area (TPSA) is 170 Å². The number of para-hydroxylation sites is 1. The van der Waals surface area contributed by atoms with Crippen molar-refractivity contribution in [1.29, 1.82) is 0 Å². The molecule has 1 aliphatic rings. The summed E-state index contributed by atoms with van der Waals surface area (Å²) in [6, 6.07) is 6.61. The van der Waals surface area contributed by atoms with Gasteiger partial charge in [-0.25, -0.2) is 10.1 Å². The molecule has 1 saturated heterocycles. The van der Waals surface area contributed by atoms with Crippen LogP contribution in [0.5, 0.6) is 5.75 Å². The number of rotatable bonds is 6. The Kier molecular flexibility index (Phi) is 5.63. The largest absolute Gasteiger partial charge is 0.507 e. The molecule has 0 atom stereocenters. The van der Waals surface area contributed by atoms with Gasteiger partial charge in [0.15, 0.2) is 5.69 Å². The van der Waals surface area contributed by atoms with E-state index in [1.165, 1.54) is 17.0 Å². The van der Waals surface area contributed by atoms with E-state index in [1.807, 2.05) is 0 Å². The van der Waals surface area contributed by atoms with Crippen LogP contribution in [0.2, 0.25) is 0 Å². The minimum atomic E-state index is -0.578. The summed E-state index contributed by atoms with van der Waals surface area (Å²) in [7, 11) is 0. The highest BCUT2D eigenvalue weighted by Crippen LogP contribution is 2.18. The highest BCUT2D eigenvalue weighted by atomic mass is 16.6. The Balaban J connectivity index is 1.58. The van der Waals surface area contributed by atoms with Gasteiger partial charge in [0.25, 0.3) is 5.91 Å². The first-order chi connectivity index (χ1) is 14.6. The predicted octanol–water partition coefficient (Wildman–Crippen LogP) is -0.466. The van der Waals surface area contributed by atoms with Crippen LogP contribution < -0.4 is 11.2 Å². The molecule has 0 bridgehead atoms. The third-order valence-corrected chi connectivity index (χ3v) is 4.46. The van der Waals surface area contributed by atoms with E-state index in [1.54, 1.807) is 18.2 Å². The molecule has 1 aromatic carbocycles. The van der Waals surface area contributed by atoms with E-state index in [0.29, 0.717) is 44.1 Å². The van der Waals surface area contributed by atoms with E-state index < -0.39 is 5.91 Å². The number of carbonyl (C=O) groups excluding carboxylic acids is 1. The molecule has 13 nitrogen and oxygen atoms in total. The number of hydrazone groups is 1. The van der Waals surface area contributed by atoms with Gasteiger partial charge in [-0.1, -0.05) is 17.3 Å². The van der Waals surface area contributed by atoms with E-state index in [4.69, 9.17) is 10.5 Å². The second-order valence-electron chi connectivity index (χ2n) is 6.42. The van der Waals surface area contributed by atoms with Crippen molar-refractivity contribution in [3.63, 3.8) is 0 Å². The predicted molar refractivity (Wildman–Crippen MR) is 103 cm³/mol. The zero-order valence-electron chi connectivity index (χ0n) is 15.8. The lowest BCUT2D eigenvalue weighted by atomic mass is 10.2. The molecule has 3 aromatic rings. The maximum Gasteiger partial charge on any atom is 0.293 e. The summed E-state index contributed by atoms with van der Waals surface area (Å²) in [5.74, 6) is -0.371. The highest BCUT2D eigenvalue weighted by molar-refractivity contribution is 5.94. The molecule has 3 heterocycles. The molecular formula is C17H19N9O4. The van der Waals surface area contributed by atoms with Crippen LogP contribution in [0.4, 0.5) is 5.82 Å². The van der Waals surface area contributed by atoms with Crippen molar-refractivity contribution < 1.29 is 19.3 Å². The Labute approximate surface area is 170 Å². The molecule has 2 aromatic heterocycles. The molecule has 156 valence electrons. The van der Waals surface area contributed by atoms with Crippen LogP contribution in [0.3, 0.4) is 0 Å². The summed E-state index contributed by atoms with van der Waals surface area (Å²) >= 11 is 0. The number of morpholine rings is 1. The van der Waals surface area contributed by atoms with Crippen molar-refractivity contribution in [3.05, 3.63) is 41.2 Å². The second-order valence-corrected chi connectivity index (χ2v) is 6.42. The van der Waals surface area contributed by atoms with E-state index in [9.17, 15) is 9.90 Å². The number of benzene rings is 1. The molecule has 4 rings (SSSR count). The van der Waals surface area contributed by atoms with E-state index in [2.05, 4.69) is 40.7 Å². The van der Waals surface area contributed by atoms with Gasteiger partial charge in [-0.3, -0.25) is 9.69 Å². The number of anilines is 1. The first kappa shape index (κ1) is 19.5. The lowest BCUT2D eigenvalue weighted by Crippen LogP contribution is -2.37. The summed E-state index contributed by atoms with van der Waals surface area (Å²) in [6.45, 7) is 2.90. The Morgan fingerprint density at radius 2 is 2.10 bits per heavy atom. The molecule has 4 N–H and O–H groups in total. The number of phenols is 1. The molecule has 13 heteroatoms. The van der Waals surface area contributed by atoms with E-state index in [-0.39, 0.29) is 23.1 Å². The summed E-state index contributed by atoms with van der Waals surface area (Å²) in [6.07, 6.45) is 1.33. The second kappa shape index (κ2) is 8.67. The van der Waals surface area contributed by atoms with Crippen LogP contribution in [-0.4, -0.2) is 73.7 Å². The van der Waals surface area contributed by atoms with E-state index >= 15 is 0 Å².